The van der Waals surface area contributed by atoms with Gasteiger partial charge < -0.3 is 20.7 Å². The Labute approximate surface area is 177 Å². The zero-order chi connectivity index (χ0) is 20.6. The number of hydrogen-bond acceptors (Lipinski definition) is 6. The van der Waals surface area contributed by atoms with Gasteiger partial charge in [0.25, 0.3) is 0 Å². The summed E-state index contributed by atoms with van der Waals surface area (Å²) in [6.45, 7) is 9.61. The molecule has 0 saturated carbocycles. The average Bonchev–Trinajstić information content (AvgIpc) is 3.13. The first-order valence-electron chi connectivity index (χ1n) is 10.6. The Morgan fingerprint density at radius 2 is 2.03 bits per heavy atom. The van der Waals surface area contributed by atoms with Crippen LogP contribution in [0.2, 0.25) is 0 Å². The second kappa shape index (κ2) is 10.8. The number of likely N-dealkylation sites (tertiary alicyclic amines) is 2. The predicted molar refractivity (Wildman–Crippen MR) is 116 cm³/mol. The van der Waals surface area contributed by atoms with Crippen LogP contribution < -0.4 is 11.1 Å². The van der Waals surface area contributed by atoms with Crippen LogP contribution in [0.3, 0.4) is 0 Å². The summed E-state index contributed by atoms with van der Waals surface area (Å²) in [6, 6.07) is 0.271. The van der Waals surface area contributed by atoms with Gasteiger partial charge in [-0.2, -0.15) is 0 Å². The Morgan fingerprint density at radius 3 is 2.66 bits per heavy atom. The maximum atomic E-state index is 11.8. The largest absolute Gasteiger partial charge is 0.450 e. The first-order valence-corrected chi connectivity index (χ1v) is 11.5. The molecule has 2 fully saturated rings. The number of nitrogens with one attached hydrogen (secondary N) is 1. The fraction of sp³-hybridized carbons (Fsp3) is 0.750. The van der Waals surface area contributed by atoms with Crippen LogP contribution in [0.15, 0.2) is 10.4 Å². The SMILES string of the molecule is CCOC(=O)N1CCC(NC(N)=NCC2CCN(Cc3csc(C)n3)CC2)CC1. The molecule has 8 nitrogen and oxygen atoms in total. The molecule has 0 bridgehead atoms. The van der Waals surface area contributed by atoms with Crippen molar-refractivity contribution in [2.75, 3.05) is 39.3 Å². The number of nitrogens with two attached hydrogens (primary N) is 1. The highest BCUT2D eigenvalue weighted by Crippen LogP contribution is 2.20. The molecule has 9 heteroatoms. The Bertz CT molecular complexity index is 678. The molecular weight excluding hydrogens is 388 g/mol. The van der Waals surface area contributed by atoms with Crippen LogP contribution in [-0.2, 0) is 11.3 Å². The zero-order valence-electron chi connectivity index (χ0n) is 17.6. The first kappa shape index (κ1) is 21.8. The van der Waals surface area contributed by atoms with Gasteiger partial charge in [-0.15, -0.1) is 11.3 Å². The maximum absolute atomic E-state index is 11.8. The van der Waals surface area contributed by atoms with E-state index in [2.05, 4.69) is 32.5 Å². The van der Waals surface area contributed by atoms with Gasteiger partial charge in [0.05, 0.1) is 17.3 Å². The fourth-order valence-electron chi connectivity index (χ4n) is 3.94. The highest BCUT2D eigenvalue weighted by Gasteiger charge is 2.24. The molecule has 0 aromatic carbocycles. The Hall–Kier alpha value is -1.87. The number of aromatic nitrogens is 1. The molecule has 2 aliphatic heterocycles. The minimum Gasteiger partial charge on any atom is -0.450 e. The molecule has 162 valence electrons. The van der Waals surface area contributed by atoms with Gasteiger partial charge in [0.15, 0.2) is 5.96 Å². The quantitative estimate of drug-likeness (QED) is 0.539. The summed E-state index contributed by atoms with van der Waals surface area (Å²) in [5.74, 6) is 1.12. The molecule has 29 heavy (non-hydrogen) atoms. The summed E-state index contributed by atoms with van der Waals surface area (Å²) in [5, 5.41) is 6.62. The van der Waals surface area contributed by atoms with E-state index in [1.165, 1.54) is 5.69 Å². The Kier molecular flexibility index (Phi) is 8.11. The number of ether oxygens (including phenoxy) is 1. The zero-order valence-corrected chi connectivity index (χ0v) is 18.4. The van der Waals surface area contributed by atoms with E-state index in [0.29, 0.717) is 31.6 Å². The maximum Gasteiger partial charge on any atom is 0.409 e. The molecule has 0 spiro atoms. The Balaban J connectivity index is 1.33. The van der Waals surface area contributed by atoms with Crippen molar-refractivity contribution in [3.05, 3.63) is 16.1 Å². The van der Waals surface area contributed by atoms with Crippen molar-refractivity contribution in [1.82, 2.24) is 20.1 Å². The summed E-state index contributed by atoms with van der Waals surface area (Å²) in [7, 11) is 0. The highest BCUT2D eigenvalue weighted by molar-refractivity contribution is 7.09. The van der Waals surface area contributed by atoms with Crippen LogP contribution in [0.1, 0.15) is 43.3 Å². The minimum absolute atomic E-state index is 0.219. The lowest BCUT2D eigenvalue weighted by Gasteiger charge is -2.32. The van der Waals surface area contributed by atoms with Gasteiger partial charge in [-0.25, -0.2) is 9.78 Å². The Morgan fingerprint density at radius 1 is 1.31 bits per heavy atom. The summed E-state index contributed by atoms with van der Waals surface area (Å²) < 4.78 is 5.06. The molecule has 3 N–H and O–H groups in total. The lowest BCUT2D eigenvalue weighted by atomic mass is 9.97. The number of aryl methyl sites for hydroxylation is 1. The molecule has 0 atom stereocenters. The van der Waals surface area contributed by atoms with Gasteiger partial charge in [-0.1, -0.05) is 0 Å². The summed E-state index contributed by atoms with van der Waals surface area (Å²) in [4.78, 5) is 25.1. The fourth-order valence-corrected chi connectivity index (χ4v) is 4.54. The average molecular weight is 423 g/mol. The molecule has 2 saturated heterocycles. The van der Waals surface area contributed by atoms with Crippen LogP contribution in [0.25, 0.3) is 0 Å². The summed E-state index contributed by atoms with van der Waals surface area (Å²) in [5.41, 5.74) is 7.30. The second-order valence-electron chi connectivity index (χ2n) is 7.91. The van der Waals surface area contributed by atoms with Crippen LogP contribution >= 0.6 is 11.3 Å². The van der Waals surface area contributed by atoms with Gasteiger partial charge in [0, 0.05) is 37.6 Å². The van der Waals surface area contributed by atoms with Crippen molar-refractivity contribution in [2.24, 2.45) is 16.6 Å². The van der Waals surface area contributed by atoms with E-state index >= 15 is 0 Å². The number of thiazole rings is 1. The van der Waals surface area contributed by atoms with Crippen molar-refractivity contribution < 1.29 is 9.53 Å². The summed E-state index contributed by atoms with van der Waals surface area (Å²) >= 11 is 1.72. The predicted octanol–water partition coefficient (Wildman–Crippen LogP) is 2.19. The third kappa shape index (κ3) is 6.85. The van der Waals surface area contributed by atoms with E-state index in [-0.39, 0.29) is 12.1 Å². The highest BCUT2D eigenvalue weighted by atomic mass is 32.1. The van der Waals surface area contributed by atoms with E-state index < -0.39 is 0 Å². The lowest BCUT2D eigenvalue weighted by Crippen LogP contribution is -2.48. The normalized spacial score (nSPS) is 20.1. The number of guanidine groups is 1. The van der Waals surface area contributed by atoms with Crippen molar-refractivity contribution in [1.29, 1.82) is 0 Å². The lowest BCUT2D eigenvalue weighted by molar-refractivity contribution is 0.0963. The minimum atomic E-state index is -0.219. The van der Waals surface area contributed by atoms with Crippen LogP contribution in [0.5, 0.6) is 0 Å². The second-order valence-corrected chi connectivity index (χ2v) is 8.97. The van der Waals surface area contributed by atoms with Gasteiger partial charge in [-0.3, -0.25) is 9.89 Å². The van der Waals surface area contributed by atoms with Gasteiger partial charge in [0.1, 0.15) is 0 Å². The molecule has 3 rings (SSSR count). The number of amides is 1. The van der Waals surface area contributed by atoms with Crippen molar-refractivity contribution >= 4 is 23.4 Å². The van der Waals surface area contributed by atoms with E-state index in [1.807, 2.05) is 6.92 Å². The van der Waals surface area contributed by atoms with Crippen molar-refractivity contribution in [3.63, 3.8) is 0 Å². The van der Waals surface area contributed by atoms with Crippen LogP contribution in [-0.4, -0.2) is 72.2 Å². The number of nitrogens with zero attached hydrogens (tertiary/aromatic N) is 4. The standard InChI is InChI=1S/C20H34N6O2S/c1-3-28-20(27)26-10-6-17(7-11-26)24-19(21)22-12-16-4-8-25(9-5-16)13-18-14-29-15(2)23-18/h14,16-17H,3-13H2,1-2H3,(H3,21,22,24). The number of piperidine rings is 2. The third-order valence-electron chi connectivity index (χ3n) is 5.65. The molecule has 1 amide bonds. The molecule has 1 aromatic heterocycles. The van der Waals surface area contributed by atoms with Crippen molar-refractivity contribution in [2.45, 2.75) is 52.1 Å². The number of carbonyl (C=O) groups excluding carboxylic acids is 1. The van der Waals surface area contributed by atoms with E-state index in [9.17, 15) is 4.79 Å². The van der Waals surface area contributed by atoms with Crippen molar-refractivity contribution in [3.8, 4) is 0 Å². The topological polar surface area (TPSA) is 96.1 Å². The number of hydrogen-bond donors (Lipinski definition) is 2. The summed E-state index contributed by atoms with van der Waals surface area (Å²) in [6.07, 6.45) is 3.81. The van der Waals surface area contributed by atoms with Crippen LogP contribution in [0, 0.1) is 12.8 Å². The molecule has 0 unspecified atom stereocenters. The molecule has 2 aliphatic rings. The van der Waals surface area contributed by atoms with Gasteiger partial charge in [0.2, 0.25) is 0 Å². The van der Waals surface area contributed by atoms with Gasteiger partial charge in [-0.05, 0) is 58.5 Å². The van der Waals surface area contributed by atoms with E-state index in [0.717, 1.165) is 56.9 Å². The van der Waals surface area contributed by atoms with Gasteiger partial charge >= 0.3 is 6.09 Å². The monoisotopic (exact) mass is 422 g/mol. The molecule has 0 radical (unpaired) electrons. The molecule has 0 aliphatic carbocycles. The molecular formula is C20H34N6O2S. The van der Waals surface area contributed by atoms with E-state index in [4.69, 9.17) is 10.5 Å². The smallest absolute Gasteiger partial charge is 0.409 e. The molecule has 1 aromatic rings. The van der Waals surface area contributed by atoms with Crippen LogP contribution in [0.4, 0.5) is 4.79 Å². The molecule has 3 heterocycles. The number of aliphatic imine (C=N–C) groups is 1. The van der Waals surface area contributed by atoms with E-state index in [1.54, 1.807) is 16.2 Å². The number of carbonyl (C=O) groups is 1. The number of rotatable bonds is 6. The third-order valence-corrected chi connectivity index (χ3v) is 6.47. The first-order chi connectivity index (χ1) is 14.0.